The molecule has 0 amide bonds. The summed E-state index contributed by atoms with van der Waals surface area (Å²) in [6.07, 6.45) is 2.27. The average Bonchev–Trinajstić information content (AvgIpc) is 2.21. The van der Waals surface area contributed by atoms with E-state index in [9.17, 15) is 0 Å². The molecule has 0 saturated heterocycles. The third-order valence-electron chi connectivity index (χ3n) is 2.19. The zero-order valence-corrected chi connectivity index (χ0v) is 11.1. The first kappa shape index (κ1) is 13.4. The van der Waals surface area contributed by atoms with E-state index in [2.05, 4.69) is 25.2 Å². The lowest BCUT2D eigenvalue weighted by Gasteiger charge is -2.13. The van der Waals surface area contributed by atoms with Crippen molar-refractivity contribution in [3.05, 3.63) is 29.8 Å². The van der Waals surface area contributed by atoms with Crippen LogP contribution in [-0.2, 0) is 0 Å². The summed E-state index contributed by atoms with van der Waals surface area (Å²) in [5, 5.41) is 3.30. The normalized spacial score (nSPS) is 10.2. The van der Waals surface area contributed by atoms with Gasteiger partial charge in [-0.2, -0.15) is 0 Å². The van der Waals surface area contributed by atoms with Gasteiger partial charge >= 0.3 is 0 Å². The van der Waals surface area contributed by atoms with E-state index >= 15 is 0 Å². The van der Waals surface area contributed by atoms with E-state index in [0.29, 0.717) is 5.69 Å². The number of nitrogens with two attached hydrogens (primary N) is 1. The predicted molar refractivity (Wildman–Crippen MR) is 74.5 cm³/mol. The summed E-state index contributed by atoms with van der Waals surface area (Å²) in [6.45, 7) is 8.95. The molecule has 0 fully saturated rings. The Kier molecular flexibility index (Phi) is 4.88. The number of rotatable bonds is 5. The van der Waals surface area contributed by atoms with Gasteiger partial charge in [0.1, 0.15) is 5.75 Å². The van der Waals surface area contributed by atoms with Crippen LogP contribution in [0.1, 0.15) is 27.7 Å². The fraction of sp³-hybridized carbons (Fsp3) is 0.429. The van der Waals surface area contributed by atoms with Crippen LogP contribution in [0.3, 0.4) is 0 Å². The molecule has 94 valence electrons. The van der Waals surface area contributed by atoms with Gasteiger partial charge < -0.3 is 15.8 Å². The standard InChI is InChI=1S/C14H22N2O/c1-10(2)7-8-16-12-5-6-13(15)14(9-12)17-11(3)4/h5-7,9,11,16H,8,15H2,1-4H3. The van der Waals surface area contributed by atoms with Crippen molar-refractivity contribution in [2.24, 2.45) is 0 Å². The van der Waals surface area contributed by atoms with Crippen LogP contribution in [0.4, 0.5) is 11.4 Å². The molecule has 3 heteroatoms. The van der Waals surface area contributed by atoms with Crippen LogP contribution in [0.25, 0.3) is 0 Å². The molecule has 1 aromatic rings. The van der Waals surface area contributed by atoms with Gasteiger partial charge in [0.05, 0.1) is 11.8 Å². The highest BCUT2D eigenvalue weighted by Gasteiger charge is 2.03. The van der Waals surface area contributed by atoms with Crippen LogP contribution >= 0.6 is 0 Å². The van der Waals surface area contributed by atoms with E-state index < -0.39 is 0 Å². The van der Waals surface area contributed by atoms with E-state index in [1.807, 2.05) is 32.0 Å². The molecule has 0 spiro atoms. The van der Waals surface area contributed by atoms with Crippen molar-refractivity contribution in [2.75, 3.05) is 17.6 Å². The molecule has 0 aromatic heterocycles. The number of ether oxygens (including phenoxy) is 1. The van der Waals surface area contributed by atoms with Crippen LogP contribution in [-0.4, -0.2) is 12.6 Å². The molecule has 0 saturated carbocycles. The maximum Gasteiger partial charge on any atom is 0.144 e. The second-order valence-corrected chi connectivity index (χ2v) is 4.58. The Morgan fingerprint density at radius 3 is 2.71 bits per heavy atom. The van der Waals surface area contributed by atoms with Gasteiger partial charge in [-0.3, -0.25) is 0 Å². The minimum Gasteiger partial charge on any atom is -0.489 e. The van der Waals surface area contributed by atoms with Gasteiger partial charge in [-0.15, -0.1) is 0 Å². The van der Waals surface area contributed by atoms with Gasteiger partial charge in [-0.25, -0.2) is 0 Å². The predicted octanol–water partition coefficient (Wildman–Crippen LogP) is 3.43. The lowest BCUT2D eigenvalue weighted by atomic mass is 10.2. The van der Waals surface area contributed by atoms with Gasteiger partial charge in [0.25, 0.3) is 0 Å². The summed E-state index contributed by atoms with van der Waals surface area (Å²) in [7, 11) is 0. The average molecular weight is 234 g/mol. The van der Waals surface area contributed by atoms with E-state index in [0.717, 1.165) is 18.0 Å². The second-order valence-electron chi connectivity index (χ2n) is 4.58. The SMILES string of the molecule is CC(C)=CCNc1ccc(N)c(OC(C)C)c1. The maximum atomic E-state index is 5.85. The van der Waals surface area contributed by atoms with E-state index in [-0.39, 0.29) is 6.10 Å². The van der Waals surface area contributed by atoms with Gasteiger partial charge in [-0.1, -0.05) is 11.6 Å². The van der Waals surface area contributed by atoms with Crippen molar-refractivity contribution in [3.63, 3.8) is 0 Å². The molecule has 0 bridgehead atoms. The van der Waals surface area contributed by atoms with Crippen molar-refractivity contribution in [1.82, 2.24) is 0 Å². The third-order valence-corrected chi connectivity index (χ3v) is 2.19. The number of hydrogen-bond acceptors (Lipinski definition) is 3. The fourth-order valence-electron chi connectivity index (χ4n) is 1.37. The summed E-state index contributed by atoms with van der Waals surface area (Å²) >= 11 is 0. The molecule has 0 radical (unpaired) electrons. The van der Waals surface area contributed by atoms with E-state index in [4.69, 9.17) is 10.5 Å². The quantitative estimate of drug-likeness (QED) is 0.606. The van der Waals surface area contributed by atoms with Crippen LogP contribution in [0.5, 0.6) is 5.75 Å². The lowest BCUT2D eigenvalue weighted by Crippen LogP contribution is -2.08. The van der Waals surface area contributed by atoms with Gasteiger partial charge in [0, 0.05) is 18.3 Å². The van der Waals surface area contributed by atoms with Crippen molar-refractivity contribution < 1.29 is 4.74 Å². The summed E-state index contributed by atoms with van der Waals surface area (Å²) in [5.74, 6) is 0.738. The molecule has 3 nitrogen and oxygen atoms in total. The maximum absolute atomic E-state index is 5.85. The molecule has 0 atom stereocenters. The molecular weight excluding hydrogens is 212 g/mol. The van der Waals surface area contributed by atoms with Crippen molar-refractivity contribution >= 4 is 11.4 Å². The summed E-state index contributed by atoms with van der Waals surface area (Å²) in [4.78, 5) is 0. The first-order valence-corrected chi connectivity index (χ1v) is 5.92. The Labute approximate surface area is 104 Å². The Hall–Kier alpha value is -1.64. The van der Waals surface area contributed by atoms with Gasteiger partial charge in [-0.05, 0) is 39.8 Å². The van der Waals surface area contributed by atoms with Crippen LogP contribution in [0.15, 0.2) is 29.8 Å². The molecular formula is C14H22N2O. The summed E-state index contributed by atoms with van der Waals surface area (Å²) < 4.78 is 5.63. The molecule has 0 aliphatic heterocycles. The fourth-order valence-corrected chi connectivity index (χ4v) is 1.37. The van der Waals surface area contributed by atoms with Crippen molar-refractivity contribution in [1.29, 1.82) is 0 Å². The number of anilines is 2. The third kappa shape index (κ3) is 4.81. The van der Waals surface area contributed by atoms with Crippen LogP contribution < -0.4 is 15.8 Å². The molecule has 0 aliphatic carbocycles. The molecule has 0 aliphatic rings. The second kappa shape index (κ2) is 6.18. The molecule has 17 heavy (non-hydrogen) atoms. The Balaban J connectivity index is 2.71. The summed E-state index contributed by atoms with van der Waals surface area (Å²) in [6, 6.07) is 5.76. The highest BCUT2D eigenvalue weighted by Crippen LogP contribution is 2.26. The van der Waals surface area contributed by atoms with Crippen LogP contribution in [0.2, 0.25) is 0 Å². The van der Waals surface area contributed by atoms with Crippen molar-refractivity contribution in [3.8, 4) is 5.75 Å². The minimum atomic E-state index is 0.130. The molecule has 0 unspecified atom stereocenters. The van der Waals surface area contributed by atoms with E-state index in [1.54, 1.807) is 0 Å². The largest absolute Gasteiger partial charge is 0.489 e. The molecule has 1 aromatic carbocycles. The highest BCUT2D eigenvalue weighted by molar-refractivity contribution is 5.61. The zero-order chi connectivity index (χ0) is 12.8. The monoisotopic (exact) mass is 234 g/mol. The first-order chi connectivity index (χ1) is 7.99. The topological polar surface area (TPSA) is 47.3 Å². The van der Waals surface area contributed by atoms with E-state index in [1.165, 1.54) is 5.57 Å². The first-order valence-electron chi connectivity index (χ1n) is 5.92. The molecule has 1 rings (SSSR count). The zero-order valence-electron chi connectivity index (χ0n) is 11.1. The smallest absolute Gasteiger partial charge is 0.144 e. The highest BCUT2D eigenvalue weighted by atomic mass is 16.5. The lowest BCUT2D eigenvalue weighted by molar-refractivity contribution is 0.244. The molecule has 0 heterocycles. The van der Waals surface area contributed by atoms with Gasteiger partial charge in [0.2, 0.25) is 0 Å². The Morgan fingerprint density at radius 2 is 2.12 bits per heavy atom. The Bertz CT molecular complexity index is 393. The number of benzene rings is 1. The van der Waals surface area contributed by atoms with Gasteiger partial charge in [0.15, 0.2) is 0 Å². The minimum absolute atomic E-state index is 0.130. The van der Waals surface area contributed by atoms with Crippen LogP contribution in [0, 0.1) is 0 Å². The number of nitrogens with one attached hydrogen (secondary N) is 1. The summed E-state index contributed by atoms with van der Waals surface area (Å²) in [5.41, 5.74) is 8.84. The number of nitrogen functional groups attached to an aromatic ring is 1. The Morgan fingerprint density at radius 1 is 1.41 bits per heavy atom. The number of hydrogen-bond donors (Lipinski definition) is 2. The molecule has 3 N–H and O–H groups in total. The van der Waals surface area contributed by atoms with Crippen molar-refractivity contribution in [2.45, 2.75) is 33.8 Å². The number of allylic oxidation sites excluding steroid dienone is 1.